The van der Waals surface area contributed by atoms with E-state index in [0.717, 1.165) is 5.56 Å². The monoisotopic (exact) mass is 282 g/mol. The van der Waals surface area contributed by atoms with Crippen molar-refractivity contribution < 1.29 is 8.42 Å². The van der Waals surface area contributed by atoms with Gasteiger partial charge in [0.15, 0.2) is 0 Å². The van der Waals surface area contributed by atoms with Crippen LogP contribution in [0.15, 0.2) is 35.4 Å². The highest BCUT2D eigenvalue weighted by molar-refractivity contribution is 7.89. The molecule has 0 unspecified atom stereocenters. The molecule has 0 amide bonds. The molecule has 0 aliphatic carbocycles. The SMILES string of the molecule is [N-]=[N+]=NCCCCNS(=O)(=O)CCc1ccccc1. The summed E-state index contributed by atoms with van der Waals surface area (Å²) >= 11 is 0. The smallest absolute Gasteiger partial charge is 0.211 e. The molecule has 1 aromatic carbocycles. The van der Waals surface area contributed by atoms with E-state index in [-0.39, 0.29) is 5.75 Å². The Hall–Kier alpha value is -1.56. The summed E-state index contributed by atoms with van der Waals surface area (Å²) in [5, 5.41) is 3.39. The molecule has 0 aromatic heterocycles. The Labute approximate surface area is 113 Å². The van der Waals surface area contributed by atoms with Gasteiger partial charge < -0.3 is 0 Å². The van der Waals surface area contributed by atoms with Gasteiger partial charge in [0.25, 0.3) is 0 Å². The molecule has 1 aromatic rings. The van der Waals surface area contributed by atoms with Crippen molar-refractivity contribution in [2.24, 2.45) is 5.11 Å². The summed E-state index contributed by atoms with van der Waals surface area (Å²) in [5.74, 6) is 0.0906. The van der Waals surface area contributed by atoms with Gasteiger partial charge in [0.2, 0.25) is 10.0 Å². The maximum atomic E-state index is 11.7. The Balaban J connectivity index is 2.23. The van der Waals surface area contributed by atoms with E-state index in [0.29, 0.717) is 32.4 Å². The summed E-state index contributed by atoms with van der Waals surface area (Å²) in [5.41, 5.74) is 9.09. The Morgan fingerprint density at radius 2 is 1.95 bits per heavy atom. The van der Waals surface area contributed by atoms with Gasteiger partial charge in [-0.1, -0.05) is 35.4 Å². The molecule has 6 nitrogen and oxygen atoms in total. The molecule has 1 rings (SSSR count). The molecule has 0 heterocycles. The van der Waals surface area contributed by atoms with Crippen LogP contribution in [0.5, 0.6) is 0 Å². The first-order chi connectivity index (χ1) is 9.14. The predicted octanol–water partition coefficient (Wildman–Crippen LogP) is 2.24. The number of rotatable bonds is 9. The van der Waals surface area contributed by atoms with E-state index < -0.39 is 10.0 Å². The van der Waals surface area contributed by atoms with Crippen LogP contribution >= 0.6 is 0 Å². The van der Waals surface area contributed by atoms with Gasteiger partial charge in [-0.3, -0.25) is 0 Å². The molecule has 0 radical (unpaired) electrons. The Kier molecular flexibility index (Phi) is 6.95. The van der Waals surface area contributed by atoms with Crippen molar-refractivity contribution in [2.75, 3.05) is 18.8 Å². The average Bonchev–Trinajstić information content (AvgIpc) is 2.42. The van der Waals surface area contributed by atoms with Crippen LogP contribution in [0.25, 0.3) is 10.4 Å². The van der Waals surface area contributed by atoms with E-state index in [9.17, 15) is 8.42 Å². The highest BCUT2D eigenvalue weighted by Gasteiger charge is 2.09. The molecule has 104 valence electrons. The minimum Gasteiger partial charge on any atom is -0.215 e. The quantitative estimate of drug-likeness (QED) is 0.325. The van der Waals surface area contributed by atoms with E-state index in [1.807, 2.05) is 30.3 Å². The third kappa shape index (κ3) is 7.46. The molecular formula is C12H18N4O2S. The largest absolute Gasteiger partial charge is 0.215 e. The van der Waals surface area contributed by atoms with Crippen molar-refractivity contribution in [3.63, 3.8) is 0 Å². The lowest BCUT2D eigenvalue weighted by Gasteiger charge is -2.06. The van der Waals surface area contributed by atoms with Crippen LogP contribution in [-0.2, 0) is 16.4 Å². The van der Waals surface area contributed by atoms with E-state index in [1.54, 1.807) is 0 Å². The second-order valence-corrected chi connectivity index (χ2v) is 6.04. The lowest BCUT2D eigenvalue weighted by atomic mass is 10.2. The molecule has 0 saturated carbocycles. The summed E-state index contributed by atoms with van der Waals surface area (Å²) in [6.07, 6.45) is 1.86. The van der Waals surface area contributed by atoms with E-state index in [4.69, 9.17) is 5.53 Å². The van der Waals surface area contributed by atoms with E-state index >= 15 is 0 Å². The van der Waals surface area contributed by atoms with Crippen LogP contribution in [0.2, 0.25) is 0 Å². The second kappa shape index (κ2) is 8.53. The number of hydrogen-bond donors (Lipinski definition) is 1. The molecule has 1 N–H and O–H groups in total. The van der Waals surface area contributed by atoms with Crippen LogP contribution in [0.4, 0.5) is 0 Å². The number of aryl methyl sites for hydroxylation is 1. The van der Waals surface area contributed by atoms with Gasteiger partial charge in [-0.2, -0.15) is 0 Å². The standard InChI is InChI=1S/C12H18N4O2S/c13-16-14-9-4-5-10-15-19(17,18)11-8-12-6-2-1-3-7-12/h1-3,6-7,15H,4-5,8-11H2. The Morgan fingerprint density at radius 1 is 1.21 bits per heavy atom. The number of unbranched alkanes of at least 4 members (excludes halogenated alkanes) is 1. The number of azide groups is 1. The molecule has 0 bridgehead atoms. The minimum atomic E-state index is -3.23. The van der Waals surface area contributed by atoms with Gasteiger partial charge in [0.1, 0.15) is 0 Å². The fraction of sp³-hybridized carbons (Fsp3) is 0.500. The topological polar surface area (TPSA) is 94.9 Å². The van der Waals surface area contributed by atoms with Gasteiger partial charge in [-0.25, -0.2) is 13.1 Å². The number of benzene rings is 1. The third-order valence-electron chi connectivity index (χ3n) is 2.57. The maximum Gasteiger partial charge on any atom is 0.211 e. The van der Waals surface area contributed by atoms with Gasteiger partial charge in [-0.15, -0.1) is 0 Å². The molecule has 0 fully saturated rings. The summed E-state index contributed by atoms with van der Waals surface area (Å²) in [6, 6.07) is 9.51. The van der Waals surface area contributed by atoms with Gasteiger partial charge in [0.05, 0.1) is 5.75 Å². The zero-order valence-corrected chi connectivity index (χ0v) is 11.5. The second-order valence-electron chi connectivity index (χ2n) is 4.11. The van der Waals surface area contributed by atoms with Gasteiger partial charge in [0, 0.05) is 18.0 Å². The first-order valence-electron chi connectivity index (χ1n) is 6.16. The maximum absolute atomic E-state index is 11.7. The lowest BCUT2D eigenvalue weighted by molar-refractivity contribution is 0.576. The fourth-order valence-electron chi connectivity index (χ4n) is 1.55. The number of nitrogens with zero attached hydrogens (tertiary/aromatic N) is 3. The zero-order chi connectivity index (χ0) is 14.0. The average molecular weight is 282 g/mol. The van der Waals surface area contributed by atoms with Gasteiger partial charge >= 0.3 is 0 Å². The molecule has 0 atom stereocenters. The first-order valence-corrected chi connectivity index (χ1v) is 7.81. The fourth-order valence-corrected chi connectivity index (χ4v) is 2.65. The predicted molar refractivity (Wildman–Crippen MR) is 75.2 cm³/mol. The summed E-state index contributed by atoms with van der Waals surface area (Å²) in [7, 11) is -3.23. The first kappa shape index (κ1) is 15.5. The lowest BCUT2D eigenvalue weighted by Crippen LogP contribution is -2.28. The van der Waals surface area contributed by atoms with Crippen LogP contribution in [0.1, 0.15) is 18.4 Å². The molecule has 7 heteroatoms. The molecule has 0 saturated heterocycles. The van der Waals surface area contributed by atoms with Crippen molar-refractivity contribution in [1.29, 1.82) is 0 Å². The van der Waals surface area contributed by atoms with Crippen molar-refractivity contribution in [2.45, 2.75) is 19.3 Å². The molecular weight excluding hydrogens is 264 g/mol. The van der Waals surface area contributed by atoms with E-state index in [2.05, 4.69) is 14.7 Å². The van der Waals surface area contributed by atoms with Crippen molar-refractivity contribution in [3.8, 4) is 0 Å². The normalized spacial score (nSPS) is 10.9. The van der Waals surface area contributed by atoms with Crippen molar-refractivity contribution in [1.82, 2.24) is 4.72 Å². The third-order valence-corrected chi connectivity index (χ3v) is 3.96. The van der Waals surface area contributed by atoms with Crippen molar-refractivity contribution in [3.05, 3.63) is 46.3 Å². The molecule has 0 aliphatic rings. The molecule has 0 spiro atoms. The highest BCUT2D eigenvalue weighted by atomic mass is 32.2. The summed E-state index contributed by atoms with van der Waals surface area (Å²) in [4.78, 5) is 2.63. The minimum absolute atomic E-state index is 0.0906. The zero-order valence-electron chi connectivity index (χ0n) is 10.7. The number of sulfonamides is 1. The highest BCUT2D eigenvalue weighted by Crippen LogP contribution is 2.01. The number of nitrogens with one attached hydrogen (secondary N) is 1. The molecule has 0 aliphatic heterocycles. The van der Waals surface area contributed by atoms with Crippen LogP contribution in [-0.4, -0.2) is 27.3 Å². The van der Waals surface area contributed by atoms with Crippen LogP contribution in [0, 0.1) is 0 Å². The number of hydrogen-bond acceptors (Lipinski definition) is 3. The van der Waals surface area contributed by atoms with Gasteiger partial charge in [-0.05, 0) is 30.4 Å². The summed E-state index contributed by atoms with van der Waals surface area (Å²) < 4.78 is 25.9. The van der Waals surface area contributed by atoms with Crippen LogP contribution in [0.3, 0.4) is 0 Å². The molecule has 19 heavy (non-hydrogen) atoms. The Morgan fingerprint density at radius 3 is 2.63 bits per heavy atom. The summed E-state index contributed by atoms with van der Waals surface area (Å²) in [6.45, 7) is 0.792. The van der Waals surface area contributed by atoms with Crippen molar-refractivity contribution >= 4 is 10.0 Å². The van der Waals surface area contributed by atoms with Crippen LogP contribution < -0.4 is 4.72 Å². The Bertz CT molecular complexity index is 510. The van der Waals surface area contributed by atoms with E-state index in [1.165, 1.54) is 0 Å².